The molecular weight excluding hydrogens is 304 g/mol. The van der Waals surface area contributed by atoms with E-state index >= 15 is 0 Å². The highest BCUT2D eigenvalue weighted by Gasteiger charge is 2.14. The van der Waals surface area contributed by atoms with Gasteiger partial charge in [0.05, 0.1) is 6.54 Å². The second kappa shape index (κ2) is 6.45. The highest BCUT2D eigenvalue weighted by atomic mass is 16.4. The van der Waals surface area contributed by atoms with Gasteiger partial charge in [-0.1, -0.05) is 30.3 Å². The van der Waals surface area contributed by atoms with Crippen LogP contribution in [0.4, 0.5) is 0 Å². The summed E-state index contributed by atoms with van der Waals surface area (Å²) in [6, 6.07) is 13.3. The van der Waals surface area contributed by atoms with Crippen molar-refractivity contribution in [2.75, 3.05) is 27.7 Å². The first-order valence-electron chi connectivity index (χ1n) is 7.79. The van der Waals surface area contributed by atoms with E-state index in [9.17, 15) is 9.59 Å². The van der Waals surface area contributed by atoms with Gasteiger partial charge >= 0.3 is 5.63 Å². The maximum Gasteiger partial charge on any atom is 0.336 e. The predicted molar refractivity (Wildman–Crippen MR) is 95.0 cm³/mol. The summed E-state index contributed by atoms with van der Waals surface area (Å²) in [4.78, 5) is 27.2. The van der Waals surface area contributed by atoms with Gasteiger partial charge in [0.25, 0.3) is 0 Å². The van der Waals surface area contributed by atoms with Crippen molar-refractivity contribution in [2.45, 2.75) is 6.54 Å². The molecule has 0 aliphatic carbocycles. The molecule has 0 aliphatic heterocycles. The molecule has 0 saturated heterocycles. The normalized spacial score (nSPS) is 11.3. The summed E-state index contributed by atoms with van der Waals surface area (Å²) in [7, 11) is 5.33. The first-order valence-corrected chi connectivity index (χ1v) is 7.79. The van der Waals surface area contributed by atoms with Crippen molar-refractivity contribution in [3.63, 3.8) is 0 Å². The fourth-order valence-electron chi connectivity index (χ4n) is 2.86. The van der Waals surface area contributed by atoms with Gasteiger partial charge in [0, 0.05) is 32.1 Å². The molecule has 1 aromatic heterocycles. The van der Waals surface area contributed by atoms with Gasteiger partial charge in [-0.2, -0.15) is 0 Å². The van der Waals surface area contributed by atoms with Crippen LogP contribution in [0.2, 0.25) is 0 Å². The number of benzene rings is 2. The van der Waals surface area contributed by atoms with Gasteiger partial charge in [-0.15, -0.1) is 0 Å². The molecule has 0 N–H and O–H groups in total. The van der Waals surface area contributed by atoms with Gasteiger partial charge in [-0.05, 0) is 29.4 Å². The zero-order valence-corrected chi connectivity index (χ0v) is 14.1. The molecule has 3 aromatic rings. The molecule has 0 spiro atoms. The first kappa shape index (κ1) is 16.2. The summed E-state index contributed by atoms with van der Waals surface area (Å²) in [6.07, 6.45) is 0. The Hall–Kier alpha value is -2.66. The molecule has 0 atom stereocenters. The number of nitrogens with zero attached hydrogens (tertiary/aromatic N) is 2. The molecule has 1 heterocycles. The van der Waals surface area contributed by atoms with E-state index in [1.165, 1.54) is 6.07 Å². The van der Waals surface area contributed by atoms with Crippen LogP contribution in [0.3, 0.4) is 0 Å². The third-order valence-electron chi connectivity index (χ3n) is 4.06. The van der Waals surface area contributed by atoms with Crippen LogP contribution >= 0.6 is 0 Å². The smallest absolute Gasteiger partial charge is 0.336 e. The van der Waals surface area contributed by atoms with E-state index in [1.807, 2.05) is 48.3 Å². The Morgan fingerprint density at radius 1 is 1.08 bits per heavy atom. The lowest BCUT2D eigenvalue weighted by Gasteiger charge is -2.19. The molecule has 0 saturated carbocycles. The average molecular weight is 324 g/mol. The Morgan fingerprint density at radius 2 is 1.83 bits per heavy atom. The SMILES string of the molecule is CN(CC(=O)N(C)C)Cc1cc(=O)oc2ccc3ccccc3c12. The van der Waals surface area contributed by atoms with Crippen LogP contribution in [-0.2, 0) is 11.3 Å². The van der Waals surface area contributed by atoms with Gasteiger partial charge in [-0.3, -0.25) is 9.69 Å². The van der Waals surface area contributed by atoms with Crippen LogP contribution in [0.25, 0.3) is 21.7 Å². The Kier molecular flexibility index (Phi) is 4.36. The highest BCUT2D eigenvalue weighted by Crippen LogP contribution is 2.27. The van der Waals surface area contributed by atoms with Crippen LogP contribution < -0.4 is 5.63 Å². The minimum Gasteiger partial charge on any atom is -0.423 e. The summed E-state index contributed by atoms with van der Waals surface area (Å²) >= 11 is 0. The summed E-state index contributed by atoms with van der Waals surface area (Å²) in [5, 5.41) is 3.06. The molecule has 24 heavy (non-hydrogen) atoms. The van der Waals surface area contributed by atoms with Crippen molar-refractivity contribution in [1.29, 1.82) is 0 Å². The number of amides is 1. The van der Waals surface area contributed by atoms with E-state index < -0.39 is 0 Å². The quantitative estimate of drug-likeness (QED) is 0.546. The lowest BCUT2D eigenvalue weighted by atomic mass is 10.0. The summed E-state index contributed by atoms with van der Waals surface area (Å²) in [5.41, 5.74) is 1.07. The maximum atomic E-state index is 11.9. The van der Waals surface area contributed by atoms with Crippen molar-refractivity contribution in [2.24, 2.45) is 0 Å². The monoisotopic (exact) mass is 324 g/mol. The zero-order valence-electron chi connectivity index (χ0n) is 14.1. The number of hydrogen-bond donors (Lipinski definition) is 0. The molecule has 5 nitrogen and oxygen atoms in total. The largest absolute Gasteiger partial charge is 0.423 e. The molecule has 0 unspecified atom stereocenters. The van der Waals surface area contributed by atoms with Crippen LogP contribution in [0.1, 0.15) is 5.56 Å². The van der Waals surface area contributed by atoms with E-state index in [1.54, 1.807) is 19.0 Å². The minimum atomic E-state index is -0.375. The van der Waals surface area contributed by atoms with Crippen molar-refractivity contribution >= 4 is 27.6 Å². The Balaban J connectivity index is 2.08. The molecule has 3 rings (SSSR count). The van der Waals surface area contributed by atoms with E-state index in [4.69, 9.17) is 4.42 Å². The van der Waals surface area contributed by atoms with E-state index in [0.717, 1.165) is 21.7 Å². The number of rotatable bonds is 4. The van der Waals surface area contributed by atoms with Gasteiger partial charge in [0.15, 0.2) is 0 Å². The molecule has 2 aromatic carbocycles. The Morgan fingerprint density at radius 3 is 2.58 bits per heavy atom. The molecule has 0 bridgehead atoms. The van der Waals surface area contributed by atoms with Crippen molar-refractivity contribution < 1.29 is 9.21 Å². The van der Waals surface area contributed by atoms with Crippen LogP contribution in [0.15, 0.2) is 51.7 Å². The number of carbonyl (C=O) groups excluding carboxylic acids is 1. The van der Waals surface area contributed by atoms with Crippen molar-refractivity contribution in [3.8, 4) is 0 Å². The molecule has 0 radical (unpaired) electrons. The number of likely N-dealkylation sites (N-methyl/N-ethyl adjacent to an activating group) is 2. The van der Waals surface area contributed by atoms with Gasteiger partial charge in [-0.25, -0.2) is 4.79 Å². The third kappa shape index (κ3) is 3.16. The standard InChI is InChI=1S/C19H20N2O3/c1-20(2)17(22)12-21(3)11-14-10-18(23)24-16-9-8-13-6-4-5-7-15(13)19(14)16/h4-10H,11-12H2,1-3H3. The Labute approximate surface area is 140 Å². The summed E-state index contributed by atoms with van der Waals surface area (Å²) < 4.78 is 5.36. The van der Waals surface area contributed by atoms with Gasteiger partial charge in [0.2, 0.25) is 5.91 Å². The van der Waals surface area contributed by atoms with Crippen LogP contribution in [-0.4, -0.2) is 43.4 Å². The average Bonchev–Trinajstić information content (AvgIpc) is 2.53. The molecule has 0 aliphatic rings. The fourth-order valence-corrected chi connectivity index (χ4v) is 2.86. The lowest BCUT2D eigenvalue weighted by molar-refractivity contribution is -0.129. The van der Waals surface area contributed by atoms with E-state index in [0.29, 0.717) is 18.7 Å². The predicted octanol–water partition coefficient (Wildman–Crippen LogP) is 2.47. The molecule has 5 heteroatoms. The minimum absolute atomic E-state index is 0.0228. The summed E-state index contributed by atoms with van der Waals surface area (Å²) in [5.74, 6) is 0.0228. The summed E-state index contributed by atoms with van der Waals surface area (Å²) in [6.45, 7) is 0.787. The van der Waals surface area contributed by atoms with Crippen molar-refractivity contribution in [3.05, 3.63) is 58.4 Å². The molecule has 1 amide bonds. The van der Waals surface area contributed by atoms with Crippen LogP contribution in [0.5, 0.6) is 0 Å². The maximum absolute atomic E-state index is 11.9. The molecule has 124 valence electrons. The number of carbonyl (C=O) groups is 1. The Bertz CT molecular complexity index is 960. The zero-order chi connectivity index (χ0) is 17.3. The lowest BCUT2D eigenvalue weighted by Crippen LogP contribution is -2.34. The first-order chi connectivity index (χ1) is 11.5. The van der Waals surface area contributed by atoms with Crippen molar-refractivity contribution in [1.82, 2.24) is 9.80 Å². The van der Waals surface area contributed by atoms with Crippen LogP contribution in [0, 0.1) is 0 Å². The van der Waals surface area contributed by atoms with E-state index in [2.05, 4.69) is 0 Å². The third-order valence-corrected chi connectivity index (χ3v) is 4.06. The number of fused-ring (bicyclic) bond motifs is 3. The van der Waals surface area contributed by atoms with Gasteiger partial charge in [0.1, 0.15) is 5.58 Å². The second-order valence-electron chi connectivity index (χ2n) is 6.21. The fraction of sp³-hybridized carbons (Fsp3) is 0.263. The second-order valence-corrected chi connectivity index (χ2v) is 6.21. The topological polar surface area (TPSA) is 53.8 Å². The molecule has 0 fully saturated rings. The van der Waals surface area contributed by atoms with E-state index in [-0.39, 0.29) is 11.5 Å². The van der Waals surface area contributed by atoms with Gasteiger partial charge < -0.3 is 9.32 Å². The number of hydrogen-bond acceptors (Lipinski definition) is 4. The highest BCUT2D eigenvalue weighted by molar-refractivity contribution is 6.07. The molecular formula is C19H20N2O3.